The molecule has 7 heteroatoms. The van der Waals surface area contributed by atoms with E-state index in [4.69, 9.17) is 17.0 Å². The molecule has 1 aromatic rings. The number of methoxy groups -OCH3 is 1. The zero-order valence-electron chi connectivity index (χ0n) is 11.1. The van der Waals surface area contributed by atoms with E-state index in [1.165, 1.54) is 6.07 Å². The van der Waals surface area contributed by atoms with Crippen LogP contribution in [-0.4, -0.2) is 25.4 Å². The lowest BCUT2D eigenvalue weighted by molar-refractivity contribution is -0.137. The largest absolute Gasteiger partial charge is 0.416 e. The Hall–Kier alpha value is -1.34. The molecule has 0 saturated carbocycles. The van der Waals surface area contributed by atoms with Crippen molar-refractivity contribution in [3.05, 3.63) is 35.4 Å². The van der Waals surface area contributed by atoms with Gasteiger partial charge in [-0.05, 0) is 36.3 Å². The quantitative estimate of drug-likeness (QED) is 0.625. The Kier molecular flexibility index (Phi) is 6.74. The van der Waals surface area contributed by atoms with Crippen LogP contribution in [0.3, 0.4) is 0 Å². The van der Waals surface area contributed by atoms with Crippen molar-refractivity contribution in [2.75, 3.05) is 20.3 Å². The normalized spacial score (nSPS) is 11.2. The number of thiocarbonyl (C=S) groups is 1. The summed E-state index contributed by atoms with van der Waals surface area (Å²) < 4.78 is 42.5. The predicted molar refractivity (Wildman–Crippen MR) is 75.4 cm³/mol. The van der Waals surface area contributed by atoms with Gasteiger partial charge in [0.05, 0.1) is 5.56 Å². The molecule has 0 fully saturated rings. The summed E-state index contributed by atoms with van der Waals surface area (Å²) in [6.07, 6.45) is -3.52. The molecule has 3 nitrogen and oxygen atoms in total. The topological polar surface area (TPSA) is 33.3 Å². The molecule has 0 atom stereocenters. The van der Waals surface area contributed by atoms with Crippen LogP contribution in [0.2, 0.25) is 0 Å². The molecule has 0 aliphatic heterocycles. The molecule has 0 spiro atoms. The minimum Gasteiger partial charge on any atom is -0.385 e. The molecule has 0 aliphatic carbocycles. The number of nitrogens with one attached hydrogen (secondary N) is 2. The third-order valence-corrected chi connectivity index (χ3v) is 2.81. The van der Waals surface area contributed by atoms with Gasteiger partial charge in [-0.25, -0.2) is 0 Å². The molecule has 1 rings (SSSR count). The number of ether oxygens (including phenoxy) is 1. The van der Waals surface area contributed by atoms with Crippen LogP contribution in [0.5, 0.6) is 0 Å². The van der Waals surface area contributed by atoms with Gasteiger partial charge >= 0.3 is 6.18 Å². The van der Waals surface area contributed by atoms with Gasteiger partial charge in [-0.1, -0.05) is 12.1 Å². The Bertz CT molecular complexity index is 438. The van der Waals surface area contributed by atoms with Gasteiger partial charge in [-0.15, -0.1) is 0 Å². The van der Waals surface area contributed by atoms with Gasteiger partial charge in [0, 0.05) is 26.8 Å². The molecule has 0 saturated heterocycles. The van der Waals surface area contributed by atoms with Crippen molar-refractivity contribution >= 4 is 17.3 Å². The highest BCUT2D eigenvalue weighted by atomic mass is 32.1. The van der Waals surface area contributed by atoms with Gasteiger partial charge in [-0.2, -0.15) is 13.2 Å². The highest BCUT2D eigenvalue weighted by molar-refractivity contribution is 7.80. The van der Waals surface area contributed by atoms with Gasteiger partial charge in [-0.3, -0.25) is 0 Å². The fourth-order valence-corrected chi connectivity index (χ4v) is 1.70. The second-order valence-corrected chi connectivity index (χ2v) is 4.56. The Labute approximate surface area is 121 Å². The lowest BCUT2D eigenvalue weighted by Crippen LogP contribution is -2.35. The molecule has 0 amide bonds. The number of hydrogen-bond acceptors (Lipinski definition) is 2. The van der Waals surface area contributed by atoms with Gasteiger partial charge < -0.3 is 15.4 Å². The summed E-state index contributed by atoms with van der Waals surface area (Å²) in [5.41, 5.74) is -0.128. The Morgan fingerprint density at radius 2 is 2.05 bits per heavy atom. The number of alkyl halides is 3. The minimum atomic E-state index is -4.32. The summed E-state index contributed by atoms with van der Waals surface area (Å²) in [4.78, 5) is 0. The molecule has 0 heterocycles. The molecular formula is C13H17F3N2OS. The van der Waals surface area contributed by atoms with Crippen molar-refractivity contribution in [2.45, 2.75) is 19.1 Å². The average Bonchev–Trinajstić information content (AvgIpc) is 2.41. The first-order valence-corrected chi connectivity index (χ1v) is 6.51. The van der Waals surface area contributed by atoms with E-state index in [1.54, 1.807) is 13.2 Å². The minimum absolute atomic E-state index is 0.250. The third-order valence-electron chi connectivity index (χ3n) is 2.52. The van der Waals surface area contributed by atoms with Gasteiger partial charge in [0.1, 0.15) is 0 Å². The molecular weight excluding hydrogens is 289 g/mol. The summed E-state index contributed by atoms with van der Waals surface area (Å²) in [6.45, 7) is 1.53. The van der Waals surface area contributed by atoms with Crippen LogP contribution in [-0.2, 0) is 17.5 Å². The predicted octanol–water partition coefficient (Wildman–Crippen LogP) is 2.71. The lowest BCUT2D eigenvalue weighted by Gasteiger charge is -2.12. The molecule has 1 aromatic carbocycles. The Morgan fingerprint density at radius 1 is 1.30 bits per heavy atom. The molecule has 0 bridgehead atoms. The van der Waals surface area contributed by atoms with Crippen molar-refractivity contribution in [1.29, 1.82) is 0 Å². The zero-order valence-corrected chi connectivity index (χ0v) is 11.9. The third kappa shape index (κ3) is 6.21. The molecule has 0 aromatic heterocycles. The zero-order chi connectivity index (χ0) is 15.0. The van der Waals surface area contributed by atoms with Crippen molar-refractivity contribution in [2.24, 2.45) is 0 Å². The Balaban J connectivity index is 2.40. The highest BCUT2D eigenvalue weighted by Gasteiger charge is 2.30. The maximum Gasteiger partial charge on any atom is 0.416 e. The Morgan fingerprint density at radius 3 is 2.70 bits per heavy atom. The van der Waals surface area contributed by atoms with E-state index < -0.39 is 11.7 Å². The first kappa shape index (κ1) is 16.7. The van der Waals surface area contributed by atoms with Crippen molar-refractivity contribution in [3.8, 4) is 0 Å². The molecule has 112 valence electrons. The molecule has 20 heavy (non-hydrogen) atoms. The van der Waals surface area contributed by atoms with Crippen LogP contribution in [0.1, 0.15) is 17.5 Å². The fourth-order valence-electron chi connectivity index (χ4n) is 1.52. The van der Waals surface area contributed by atoms with E-state index in [-0.39, 0.29) is 6.54 Å². The summed E-state index contributed by atoms with van der Waals surface area (Å²) in [5, 5.41) is 6.23. The lowest BCUT2D eigenvalue weighted by atomic mass is 10.1. The average molecular weight is 306 g/mol. The second-order valence-electron chi connectivity index (χ2n) is 4.15. The number of benzene rings is 1. The summed E-state index contributed by atoms with van der Waals surface area (Å²) >= 11 is 5.02. The van der Waals surface area contributed by atoms with Crippen LogP contribution in [0.25, 0.3) is 0 Å². The molecule has 0 unspecified atom stereocenters. The van der Waals surface area contributed by atoms with Crippen LogP contribution in [0.15, 0.2) is 24.3 Å². The second kappa shape index (κ2) is 8.06. The summed E-state index contributed by atoms with van der Waals surface area (Å²) in [7, 11) is 1.62. The van der Waals surface area contributed by atoms with Crippen molar-refractivity contribution in [3.63, 3.8) is 0 Å². The fraction of sp³-hybridized carbons (Fsp3) is 0.462. The molecule has 2 N–H and O–H groups in total. The van der Waals surface area contributed by atoms with Crippen LogP contribution in [0.4, 0.5) is 13.2 Å². The molecule has 0 radical (unpaired) electrons. The summed E-state index contributed by atoms with van der Waals surface area (Å²) in [5.74, 6) is 0. The van der Waals surface area contributed by atoms with E-state index in [9.17, 15) is 13.2 Å². The maximum atomic E-state index is 12.5. The monoisotopic (exact) mass is 306 g/mol. The SMILES string of the molecule is COCCCNC(=S)NCc1cccc(C(F)(F)F)c1. The van der Waals surface area contributed by atoms with Crippen molar-refractivity contribution < 1.29 is 17.9 Å². The van der Waals surface area contributed by atoms with E-state index in [0.29, 0.717) is 23.8 Å². The van der Waals surface area contributed by atoms with E-state index in [0.717, 1.165) is 18.6 Å². The molecule has 0 aliphatic rings. The summed E-state index contributed by atoms with van der Waals surface area (Å²) in [6, 6.07) is 5.16. The van der Waals surface area contributed by atoms with E-state index in [1.807, 2.05) is 0 Å². The number of rotatable bonds is 6. The number of halogens is 3. The van der Waals surface area contributed by atoms with Gasteiger partial charge in [0.25, 0.3) is 0 Å². The van der Waals surface area contributed by atoms with Gasteiger partial charge in [0.15, 0.2) is 5.11 Å². The first-order valence-electron chi connectivity index (χ1n) is 6.10. The van der Waals surface area contributed by atoms with Gasteiger partial charge in [0.2, 0.25) is 0 Å². The number of hydrogen-bond donors (Lipinski definition) is 2. The smallest absolute Gasteiger partial charge is 0.385 e. The van der Waals surface area contributed by atoms with Crippen LogP contribution in [0, 0.1) is 0 Å². The van der Waals surface area contributed by atoms with Crippen LogP contribution >= 0.6 is 12.2 Å². The highest BCUT2D eigenvalue weighted by Crippen LogP contribution is 2.29. The first-order chi connectivity index (χ1) is 9.43. The van der Waals surface area contributed by atoms with E-state index >= 15 is 0 Å². The van der Waals surface area contributed by atoms with Crippen molar-refractivity contribution in [1.82, 2.24) is 10.6 Å². The van der Waals surface area contributed by atoms with E-state index in [2.05, 4.69) is 10.6 Å². The maximum absolute atomic E-state index is 12.5. The van der Waals surface area contributed by atoms with Crippen LogP contribution < -0.4 is 10.6 Å². The standard InChI is InChI=1S/C13H17F3N2OS/c1-19-7-3-6-17-12(20)18-9-10-4-2-5-11(8-10)13(14,15)16/h2,4-5,8H,3,6-7,9H2,1H3,(H2,17,18,20).